The fourth-order valence-corrected chi connectivity index (χ4v) is 1.74. The van der Waals surface area contributed by atoms with Crippen molar-refractivity contribution < 1.29 is 14.7 Å². The second-order valence-corrected chi connectivity index (χ2v) is 5.00. The maximum atomic E-state index is 11.8. The van der Waals surface area contributed by atoms with E-state index in [2.05, 4.69) is 5.32 Å². The van der Waals surface area contributed by atoms with E-state index in [0.29, 0.717) is 6.42 Å². The van der Waals surface area contributed by atoms with Crippen molar-refractivity contribution in [3.63, 3.8) is 0 Å². The maximum Gasteiger partial charge on any atom is 0.326 e. The molecule has 3 atom stereocenters. The van der Waals surface area contributed by atoms with Crippen molar-refractivity contribution >= 4 is 11.9 Å². The molecule has 18 heavy (non-hydrogen) atoms. The van der Waals surface area contributed by atoms with Gasteiger partial charge in [0.05, 0.1) is 0 Å². The zero-order chi connectivity index (χ0) is 14.1. The summed E-state index contributed by atoms with van der Waals surface area (Å²) in [6.07, 6.45) is 3.71. The van der Waals surface area contributed by atoms with Crippen LogP contribution < -0.4 is 11.1 Å². The van der Waals surface area contributed by atoms with Gasteiger partial charge in [-0.1, -0.05) is 26.7 Å². The maximum absolute atomic E-state index is 11.8. The molecule has 0 aliphatic rings. The van der Waals surface area contributed by atoms with Gasteiger partial charge in [-0.2, -0.15) is 0 Å². The van der Waals surface area contributed by atoms with Crippen LogP contribution in [-0.4, -0.2) is 29.1 Å². The highest BCUT2D eigenvalue weighted by Crippen LogP contribution is 2.10. The van der Waals surface area contributed by atoms with Gasteiger partial charge in [0, 0.05) is 12.0 Å². The summed E-state index contributed by atoms with van der Waals surface area (Å²) in [7, 11) is 0. The van der Waals surface area contributed by atoms with Crippen molar-refractivity contribution in [3.8, 4) is 0 Å². The van der Waals surface area contributed by atoms with Gasteiger partial charge in [-0.15, -0.1) is 0 Å². The molecule has 5 nitrogen and oxygen atoms in total. The molecule has 0 saturated carbocycles. The standard InChI is InChI=1S/C13H26N2O3/c1-4-6-11(13(17)18)15-12(16)9(2)7-5-8-10(3)14/h9-11H,4-8,14H2,1-3H3,(H,15,16)(H,17,18)/t9?,10?,11-/m0/s1. The second-order valence-electron chi connectivity index (χ2n) is 5.00. The van der Waals surface area contributed by atoms with Gasteiger partial charge < -0.3 is 16.2 Å². The molecule has 106 valence electrons. The third kappa shape index (κ3) is 7.27. The molecule has 0 aromatic rings. The van der Waals surface area contributed by atoms with Gasteiger partial charge in [-0.3, -0.25) is 4.79 Å². The van der Waals surface area contributed by atoms with Gasteiger partial charge in [0.25, 0.3) is 0 Å². The van der Waals surface area contributed by atoms with Crippen LogP contribution in [0.15, 0.2) is 0 Å². The topological polar surface area (TPSA) is 92.4 Å². The van der Waals surface area contributed by atoms with Crippen molar-refractivity contribution in [3.05, 3.63) is 0 Å². The minimum Gasteiger partial charge on any atom is -0.480 e. The van der Waals surface area contributed by atoms with Crippen molar-refractivity contribution in [1.82, 2.24) is 5.32 Å². The Kier molecular flexibility index (Phi) is 8.37. The normalized spacial score (nSPS) is 15.8. The largest absolute Gasteiger partial charge is 0.480 e. The first-order chi connectivity index (χ1) is 8.38. The van der Waals surface area contributed by atoms with Gasteiger partial charge in [0.15, 0.2) is 0 Å². The summed E-state index contributed by atoms with van der Waals surface area (Å²) in [5.74, 6) is -1.31. The average Bonchev–Trinajstić information content (AvgIpc) is 2.27. The molecule has 0 aromatic carbocycles. The van der Waals surface area contributed by atoms with Crippen molar-refractivity contribution in [2.45, 2.75) is 65.0 Å². The Labute approximate surface area is 109 Å². The number of carbonyl (C=O) groups is 2. The SMILES string of the molecule is CCC[C@H](NC(=O)C(C)CCCC(C)N)C(=O)O. The van der Waals surface area contributed by atoms with Crippen LogP contribution in [0.3, 0.4) is 0 Å². The second kappa shape index (κ2) is 8.91. The first kappa shape index (κ1) is 16.9. The number of hydrogen-bond acceptors (Lipinski definition) is 3. The molecule has 0 rings (SSSR count). The molecule has 0 aliphatic heterocycles. The van der Waals surface area contributed by atoms with Crippen molar-refractivity contribution in [1.29, 1.82) is 0 Å². The highest BCUT2D eigenvalue weighted by atomic mass is 16.4. The van der Waals surface area contributed by atoms with E-state index in [0.717, 1.165) is 25.7 Å². The third-order valence-electron chi connectivity index (χ3n) is 2.94. The molecule has 0 bridgehead atoms. The Bertz CT molecular complexity index is 267. The molecule has 0 aromatic heterocycles. The lowest BCUT2D eigenvalue weighted by Gasteiger charge is -2.17. The van der Waals surface area contributed by atoms with E-state index >= 15 is 0 Å². The quantitative estimate of drug-likeness (QED) is 0.584. The number of carboxylic acids is 1. The fraction of sp³-hybridized carbons (Fsp3) is 0.846. The van der Waals surface area contributed by atoms with E-state index < -0.39 is 12.0 Å². The van der Waals surface area contributed by atoms with Crippen LogP contribution >= 0.6 is 0 Å². The van der Waals surface area contributed by atoms with Crippen LogP contribution in [-0.2, 0) is 9.59 Å². The van der Waals surface area contributed by atoms with E-state index in [1.54, 1.807) is 0 Å². The molecular formula is C13H26N2O3. The van der Waals surface area contributed by atoms with E-state index in [9.17, 15) is 9.59 Å². The first-order valence-electron chi connectivity index (χ1n) is 6.67. The Morgan fingerprint density at radius 2 is 1.83 bits per heavy atom. The average molecular weight is 258 g/mol. The Hall–Kier alpha value is -1.10. The predicted molar refractivity (Wildman–Crippen MR) is 71.1 cm³/mol. The molecule has 0 aliphatic carbocycles. The molecule has 0 saturated heterocycles. The minimum atomic E-state index is -0.965. The summed E-state index contributed by atoms with van der Waals surface area (Å²) in [6, 6.07) is -0.620. The summed E-state index contributed by atoms with van der Waals surface area (Å²) in [5.41, 5.74) is 5.64. The van der Waals surface area contributed by atoms with Crippen LogP contribution in [0.25, 0.3) is 0 Å². The zero-order valence-electron chi connectivity index (χ0n) is 11.6. The predicted octanol–water partition coefficient (Wildman–Crippen LogP) is 1.51. The number of amides is 1. The Morgan fingerprint density at radius 1 is 1.22 bits per heavy atom. The summed E-state index contributed by atoms with van der Waals surface area (Å²) in [4.78, 5) is 22.7. The number of nitrogens with two attached hydrogens (primary N) is 1. The fourth-order valence-electron chi connectivity index (χ4n) is 1.74. The molecule has 5 heteroatoms. The van der Waals surface area contributed by atoms with Gasteiger partial charge in [-0.25, -0.2) is 4.79 Å². The first-order valence-corrected chi connectivity index (χ1v) is 6.67. The molecule has 2 unspecified atom stereocenters. The van der Waals surface area contributed by atoms with Crippen LogP contribution in [0.1, 0.15) is 52.9 Å². The third-order valence-corrected chi connectivity index (χ3v) is 2.94. The van der Waals surface area contributed by atoms with E-state index in [1.165, 1.54) is 0 Å². The molecule has 0 heterocycles. The molecule has 0 spiro atoms. The molecule has 0 fully saturated rings. The van der Waals surface area contributed by atoms with Crippen LogP contribution in [0.2, 0.25) is 0 Å². The number of carboxylic acid groups (broad SMARTS) is 1. The van der Waals surface area contributed by atoms with E-state index in [4.69, 9.17) is 10.8 Å². The number of aliphatic carboxylic acids is 1. The Balaban J connectivity index is 4.08. The number of nitrogens with one attached hydrogen (secondary N) is 1. The monoisotopic (exact) mass is 258 g/mol. The molecule has 4 N–H and O–H groups in total. The van der Waals surface area contributed by atoms with E-state index in [-0.39, 0.29) is 17.9 Å². The van der Waals surface area contributed by atoms with Gasteiger partial charge in [0.1, 0.15) is 6.04 Å². The highest BCUT2D eigenvalue weighted by Gasteiger charge is 2.21. The summed E-state index contributed by atoms with van der Waals surface area (Å²) in [5, 5.41) is 11.5. The summed E-state index contributed by atoms with van der Waals surface area (Å²) in [6.45, 7) is 5.65. The molecule has 0 radical (unpaired) electrons. The smallest absolute Gasteiger partial charge is 0.326 e. The van der Waals surface area contributed by atoms with Crippen LogP contribution in [0, 0.1) is 5.92 Å². The highest BCUT2D eigenvalue weighted by molar-refractivity contribution is 5.84. The summed E-state index contributed by atoms with van der Waals surface area (Å²) < 4.78 is 0. The van der Waals surface area contributed by atoms with Gasteiger partial charge in [0.2, 0.25) is 5.91 Å². The lowest BCUT2D eigenvalue weighted by atomic mass is 10.0. The molecule has 1 amide bonds. The Morgan fingerprint density at radius 3 is 2.28 bits per heavy atom. The van der Waals surface area contributed by atoms with Gasteiger partial charge >= 0.3 is 5.97 Å². The number of hydrogen-bond donors (Lipinski definition) is 3. The van der Waals surface area contributed by atoms with Crippen LogP contribution in [0.5, 0.6) is 0 Å². The van der Waals surface area contributed by atoms with Gasteiger partial charge in [-0.05, 0) is 26.2 Å². The minimum absolute atomic E-state index is 0.145. The molecular weight excluding hydrogens is 232 g/mol. The lowest BCUT2D eigenvalue weighted by Crippen LogP contribution is -2.43. The summed E-state index contributed by atoms with van der Waals surface area (Å²) >= 11 is 0. The number of rotatable bonds is 9. The van der Waals surface area contributed by atoms with E-state index in [1.807, 2.05) is 20.8 Å². The number of carbonyl (C=O) groups excluding carboxylic acids is 1. The van der Waals surface area contributed by atoms with Crippen LogP contribution in [0.4, 0.5) is 0 Å². The van der Waals surface area contributed by atoms with Crippen molar-refractivity contribution in [2.24, 2.45) is 11.7 Å². The lowest BCUT2D eigenvalue weighted by molar-refractivity contribution is -0.142. The van der Waals surface area contributed by atoms with Crippen molar-refractivity contribution in [2.75, 3.05) is 0 Å². The zero-order valence-corrected chi connectivity index (χ0v) is 11.6.